The average molecular weight is 373 g/mol. The Hall–Kier alpha value is -3.52. The number of nitrogens with zero attached hydrogens (tertiary/aromatic N) is 6. The van der Waals surface area contributed by atoms with Crippen LogP contribution in [0.1, 0.15) is 11.1 Å². The minimum atomic E-state index is 0.613. The number of methoxy groups -OCH3 is 1. The van der Waals surface area contributed by atoms with Gasteiger partial charge in [0.2, 0.25) is 0 Å². The van der Waals surface area contributed by atoms with Crippen molar-refractivity contribution in [2.45, 2.75) is 13.1 Å². The molecule has 0 radical (unpaired) electrons. The van der Waals surface area contributed by atoms with E-state index in [4.69, 9.17) is 9.72 Å². The quantitative estimate of drug-likeness (QED) is 0.562. The number of hydrogen-bond acceptors (Lipinski definition) is 6. The van der Waals surface area contributed by atoms with Crippen molar-refractivity contribution in [3.05, 3.63) is 60.3 Å². The summed E-state index contributed by atoms with van der Waals surface area (Å²) in [5.41, 5.74) is 5.94. The summed E-state index contributed by atoms with van der Waals surface area (Å²) < 4.78 is 8.91. The largest absolute Gasteiger partial charge is 0.383 e. The van der Waals surface area contributed by atoms with Crippen molar-refractivity contribution in [2.75, 3.05) is 19.0 Å². The molecule has 1 aliphatic rings. The molecular formula is C20H19N7O. The number of rotatable bonds is 6. The molecule has 8 heteroatoms. The average Bonchev–Trinajstić information content (AvgIpc) is 3.45. The van der Waals surface area contributed by atoms with Gasteiger partial charge in [-0.05, 0) is 17.2 Å². The summed E-state index contributed by atoms with van der Waals surface area (Å²) in [6.45, 7) is 2.03. The lowest BCUT2D eigenvalue weighted by Gasteiger charge is -2.09. The van der Waals surface area contributed by atoms with Crippen LogP contribution in [0.5, 0.6) is 0 Å². The molecule has 1 N–H and O–H groups in total. The van der Waals surface area contributed by atoms with E-state index in [0.717, 1.165) is 29.1 Å². The highest BCUT2D eigenvalue weighted by molar-refractivity contribution is 5.86. The molecule has 0 atom stereocenters. The number of benzene rings is 1. The van der Waals surface area contributed by atoms with Crippen molar-refractivity contribution in [1.29, 1.82) is 0 Å². The number of aliphatic imine (C=N–C) groups is 1. The fourth-order valence-corrected chi connectivity index (χ4v) is 3.30. The Morgan fingerprint density at radius 2 is 2.21 bits per heavy atom. The Labute approximate surface area is 161 Å². The van der Waals surface area contributed by atoms with Gasteiger partial charge in [0, 0.05) is 43.7 Å². The molecule has 4 aromatic rings. The van der Waals surface area contributed by atoms with Gasteiger partial charge in [-0.15, -0.1) is 0 Å². The van der Waals surface area contributed by atoms with Crippen molar-refractivity contribution in [3.63, 3.8) is 0 Å². The third kappa shape index (κ3) is 3.03. The predicted molar refractivity (Wildman–Crippen MR) is 107 cm³/mol. The highest BCUT2D eigenvalue weighted by Gasteiger charge is 2.13. The number of ether oxygens (including phenoxy) is 1. The van der Waals surface area contributed by atoms with Crippen LogP contribution in [-0.2, 0) is 17.8 Å². The predicted octanol–water partition coefficient (Wildman–Crippen LogP) is 2.92. The molecule has 4 heterocycles. The van der Waals surface area contributed by atoms with E-state index >= 15 is 0 Å². The van der Waals surface area contributed by atoms with E-state index in [0.29, 0.717) is 19.0 Å². The van der Waals surface area contributed by atoms with E-state index in [-0.39, 0.29) is 0 Å². The molecule has 8 nitrogen and oxygen atoms in total. The van der Waals surface area contributed by atoms with Gasteiger partial charge in [0.05, 0.1) is 37.3 Å². The number of anilines is 2. The first-order valence-corrected chi connectivity index (χ1v) is 9.05. The van der Waals surface area contributed by atoms with Gasteiger partial charge >= 0.3 is 0 Å². The zero-order valence-corrected chi connectivity index (χ0v) is 15.4. The smallest absolute Gasteiger partial charge is 0.180 e. The van der Waals surface area contributed by atoms with E-state index in [1.807, 2.05) is 33.9 Å². The minimum absolute atomic E-state index is 0.613. The van der Waals surface area contributed by atoms with Gasteiger partial charge < -0.3 is 14.5 Å². The van der Waals surface area contributed by atoms with Crippen molar-refractivity contribution in [2.24, 2.45) is 4.99 Å². The Kier molecular flexibility index (Phi) is 4.10. The maximum atomic E-state index is 5.10. The molecule has 140 valence electrons. The second-order valence-corrected chi connectivity index (χ2v) is 6.63. The standard InChI is InChI=1S/C20H19N7O/c1-28-7-6-27-12-17(11-23-27)24-19-20-22-4-5-26(20)13-18(25-19)14-2-3-15-9-21-10-16(15)8-14/h2-5,8-9,11-13H,6-7,10H2,1H3,(H,24,25). The number of hydrogen-bond donors (Lipinski definition) is 1. The molecule has 0 bridgehead atoms. The van der Waals surface area contributed by atoms with Crippen LogP contribution in [0.2, 0.25) is 0 Å². The second kappa shape index (κ2) is 6.90. The van der Waals surface area contributed by atoms with Crippen LogP contribution in [0.15, 0.2) is 54.2 Å². The Morgan fingerprint density at radius 3 is 3.14 bits per heavy atom. The number of nitrogens with one attached hydrogen (secondary N) is 1. The van der Waals surface area contributed by atoms with Crippen LogP contribution in [0.3, 0.4) is 0 Å². The van der Waals surface area contributed by atoms with Crippen LogP contribution < -0.4 is 5.32 Å². The van der Waals surface area contributed by atoms with E-state index in [9.17, 15) is 0 Å². The molecule has 0 amide bonds. The molecule has 0 saturated carbocycles. The Bertz CT molecular complexity index is 1170. The van der Waals surface area contributed by atoms with E-state index in [1.54, 1.807) is 19.5 Å². The van der Waals surface area contributed by atoms with Gasteiger partial charge in [0.25, 0.3) is 0 Å². The summed E-state index contributed by atoms with van der Waals surface area (Å²) in [6, 6.07) is 6.32. The van der Waals surface area contributed by atoms with Crippen LogP contribution >= 0.6 is 0 Å². The zero-order valence-electron chi connectivity index (χ0n) is 15.4. The topological polar surface area (TPSA) is 81.6 Å². The van der Waals surface area contributed by atoms with Crippen LogP contribution in [0.4, 0.5) is 11.5 Å². The molecule has 0 saturated heterocycles. The molecule has 0 spiro atoms. The van der Waals surface area contributed by atoms with Crippen molar-refractivity contribution < 1.29 is 4.74 Å². The van der Waals surface area contributed by atoms with E-state index < -0.39 is 0 Å². The Balaban J connectivity index is 1.50. The van der Waals surface area contributed by atoms with Gasteiger partial charge in [-0.1, -0.05) is 12.1 Å². The monoisotopic (exact) mass is 373 g/mol. The van der Waals surface area contributed by atoms with Crippen molar-refractivity contribution >= 4 is 23.4 Å². The molecule has 5 rings (SSSR count). The molecule has 0 aliphatic carbocycles. The molecular weight excluding hydrogens is 354 g/mol. The lowest BCUT2D eigenvalue weighted by atomic mass is 10.0. The van der Waals surface area contributed by atoms with Crippen LogP contribution in [0.25, 0.3) is 16.9 Å². The van der Waals surface area contributed by atoms with Gasteiger partial charge in [0.15, 0.2) is 11.5 Å². The van der Waals surface area contributed by atoms with E-state index in [1.165, 1.54) is 11.1 Å². The normalized spacial score (nSPS) is 12.6. The molecule has 0 fully saturated rings. The summed E-state index contributed by atoms with van der Waals surface area (Å²) in [7, 11) is 1.68. The number of imidazole rings is 1. The zero-order chi connectivity index (χ0) is 18.9. The van der Waals surface area contributed by atoms with Crippen LogP contribution in [-0.4, -0.2) is 44.1 Å². The Morgan fingerprint density at radius 1 is 1.25 bits per heavy atom. The maximum absolute atomic E-state index is 5.10. The SMILES string of the molecule is COCCn1cc(Nc2nc(-c3ccc4c(c3)CN=C4)cn3ccnc23)cn1. The second-order valence-electron chi connectivity index (χ2n) is 6.63. The number of fused-ring (bicyclic) bond motifs is 2. The van der Waals surface area contributed by atoms with Gasteiger partial charge in [-0.2, -0.15) is 5.10 Å². The lowest BCUT2D eigenvalue weighted by Crippen LogP contribution is -2.04. The van der Waals surface area contributed by atoms with Gasteiger partial charge in [0.1, 0.15) is 0 Å². The first-order chi connectivity index (χ1) is 13.8. The summed E-state index contributed by atoms with van der Waals surface area (Å²) in [4.78, 5) is 13.6. The fourth-order valence-electron chi connectivity index (χ4n) is 3.30. The maximum Gasteiger partial charge on any atom is 0.180 e. The molecule has 3 aromatic heterocycles. The molecule has 1 aromatic carbocycles. The molecule has 0 unspecified atom stereocenters. The first kappa shape index (κ1) is 16.6. The molecule has 1 aliphatic heterocycles. The van der Waals surface area contributed by atoms with Crippen LogP contribution in [0, 0.1) is 0 Å². The first-order valence-electron chi connectivity index (χ1n) is 9.05. The summed E-state index contributed by atoms with van der Waals surface area (Å²) >= 11 is 0. The van der Waals surface area contributed by atoms with Crippen molar-refractivity contribution in [1.82, 2.24) is 24.1 Å². The highest BCUT2D eigenvalue weighted by atomic mass is 16.5. The third-order valence-electron chi connectivity index (χ3n) is 4.73. The van der Waals surface area contributed by atoms with Gasteiger partial charge in [-0.25, -0.2) is 9.97 Å². The van der Waals surface area contributed by atoms with Crippen molar-refractivity contribution in [3.8, 4) is 11.3 Å². The lowest BCUT2D eigenvalue weighted by molar-refractivity contribution is 0.183. The highest BCUT2D eigenvalue weighted by Crippen LogP contribution is 2.27. The molecule has 28 heavy (non-hydrogen) atoms. The summed E-state index contributed by atoms with van der Waals surface area (Å²) in [5.74, 6) is 0.686. The minimum Gasteiger partial charge on any atom is -0.383 e. The summed E-state index contributed by atoms with van der Waals surface area (Å²) in [6.07, 6.45) is 11.3. The fraction of sp³-hybridized carbons (Fsp3) is 0.200. The third-order valence-corrected chi connectivity index (χ3v) is 4.73. The summed E-state index contributed by atoms with van der Waals surface area (Å²) in [5, 5.41) is 7.69. The number of aromatic nitrogens is 5. The van der Waals surface area contributed by atoms with E-state index in [2.05, 4.69) is 38.6 Å². The van der Waals surface area contributed by atoms with Gasteiger partial charge in [-0.3, -0.25) is 9.67 Å².